The number of benzene rings is 3. The number of anilines is 1. The Balaban J connectivity index is 1.59. The number of nitrogens with one attached hydrogen (secondary N) is 1. The summed E-state index contributed by atoms with van der Waals surface area (Å²) in [6.07, 6.45) is 1.47. The van der Waals surface area contributed by atoms with Gasteiger partial charge in [0.1, 0.15) is 17.9 Å². The Morgan fingerprint density at radius 3 is 2.39 bits per heavy atom. The van der Waals surface area contributed by atoms with E-state index in [1.807, 2.05) is 57.2 Å². The largest absolute Gasteiger partial charge is 0.489 e. The molecule has 0 spiro atoms. The Morgan fingerprint density at radius 1 is 0.909 bits per heavy atom. The first kappa shape index (κ1) is 22.0. The Kier molecular flexibility index (Phi) is 6.09. The fourth-order valence-electron chi connectivity index (χ4n) is 3.57. The fraction of sp³-hybridized carbons (Fsp3) is 0.148. The van der Waals surface area contributed by atoms with Gasteiger partial charge in [-0.1, -0.05) is 54.1 Å². The highest BCUT2D eigenvalue weighted by Gasteiger charge is 2.37. The summed E-state index contributed by atoms with van der Waals surface area (Å²) in [6, 6.07) is 19.8. The lowest BCUT2D eigenvalue weighted by Gasteiger charge is -2.28. The third kappa shape index (κ3) is 4.70. The SMILES string of the molecule is Cc1ccc(COc2cccc(/C=C3/C(=O)NC(=O)N(c4cccc(C)c4C)C3=O)c2)cc1. The van der Waals surface area contributed by atoms with Gasteiger partial charge in [0.15, 0.2) is 0 Å². The van der Waals surface area contributed by atoms with Gasteiger partial charge in [-0.2, -0.15) is 0 Å². The normalized spacial score (nSPS) is 15.1. The minimum absolute atomic E-state index is 0.119. The Bertz CT molecular complexity index is 1280. The van der Waals surface area contributed by atoms with E-state index >= 15 is 0 Å². The quantitative estimate of drug-likeness (QED) is 0.454. The Hall–Kier alpha value is -4.19. The number of hydrogen-bond acceptors (Lipinski definition) is 4. The molecular formula is C27H24N2O4. The van der Waals surface area contributed by atoms with Crippen LogP contribution >= 0.6 is 0 Å². The van der Waals surface area contributed by atoms with Crippen LogP contribution in [0.5, 0.6) is 5.75 Å². The third-order valence-corrected chi connectivity index (χ3v) is 5.61. The van der Waals surface area contributed by atoms with Crippen molar-refractivity contribution in [2.75, 3.05) is 4.90 Å². The molecule has 3 aromatic carbocycles. The van der Waals surface area contributed by atoms with Crippen LogP contribution in [0.2, 0.25) is 0 Å². The van der Waals surface area contributed by atoms with Gasteiger partial charge in [-0.15, -0.1) is 0 Å². The average Bonchev–Trinajstić information content (AvgIpc) is 2.79. The zero-order chi connectivity index (χ0) is 23.5. The van der Waals surface area contributed by atoms with Crippen molar-refractivity contribution in [2.45, 2.75) is 27.4 Å². The van der Waals surface area contributed by atoms with Crippen LogP contribution in [-0.2, 0) is 16.2 Å². The van der Waals surface area contributed by atoms with Gasteiger partial charge in [0.05, 0.1) is 5.69 Å². The van der Waals surface area contributed by atoms with Crippen LogP contribution in [0.3, 0.4) is 0 Å². The predicted octanol–water partition coefficient (Wildman–Crippen LogP) is 4.86. The lowest BCUT2D eigenvalue weighted by atomic mass is 10.0. The van der Waals surface area contributed by atoms with E-state index in [0.717, 1.165) is 21.6 Å². The number of rotatable bonds is 5. The first-order valence-corrected chi connectivity index (χ1v) is 10.6. The van der Waals surface area contributed by atoms with Crippen LogP contribution in [0.25, 0.3) is 6.08 Å². The highest BCUT2D eigenvalue weighted by atomic mass is 16.5. The van der Waals surface area contributed by atoms with Crippen LogP contribution in [0, 0.1) is 20.8 Å². The Morgan fingerprint density at radius 2 is 1.64 bits per heavy atom. The molecule has 0 aliphatic carbocycles. The first-order valence-electron chi connectivity index (χ1n) is 10.6. The molecule has 0 unspecified atom stereocenters. The Labute approximate surface area is 192 Å². The molecule has 0 radical (unpaired) electrons. The van der Waals surface area contributed by atoms with E-state index in [9.17, 15) is 14.4 Å². The second-order valence-electron chi connectivity index (χ2n) is 8.02. The smallest absolute Gasteiger partial charge is 0.335 e. The van der Waals surface area contributed by atoms with Crippen molar-refractivity contribution in [3.63, 3.8) is 0 Å². The summed E-state index contributed by atoms with van der Waals surface area (Å²) < 4.78 is 5.87. The molecular weight excluding hydrogens is 416 g/mol. The second-order valence-corrected chi connectivity index (χ2v) is 8.02. The van der Waals surface area contributed by atoms with Gasteiger partial charge in [0.25, 0.3) is 11.8 Å². The summed E-state index contributed by atoms with van der Waals surface area (Å²) in [5.41, 5.74) is 4.89. The van der Waals surface area contributed by atoms with Crippen molar-refractivity contribution in [1.29, 1.82) is 0 Å². The van der Waals surface area contributed by atoms with Crippen molar-refractivity contribution < 1.29 is 19.1 Å². The molecule has 166 valence electrons. The zero-order valence-electron chi connectivity index (χ0n) is 18.7. The van der Waals surface area contributed by atoms with Crippen molar-refractivity contribution in [3.8, 4) is 5.75 Å². The average molecular weight is 440 g/mol. The second kappa shape index (κ2) is 9.12. The van der Waals surface area contributed by atoms with Crippen LogP contribution in [-0.4, -0.2) is 17.8 Å². The number of imide groups is 2. The maximum absolute atomic E-state index is 13.2. The molecule has 1 N–H and O–H groups in total. The fourth-order valence-corrected chi connectivity index (χ4v) is 3.57. The highest BCUT2D eigenvalue weighted by molar-refractivity contribution is 6.39. The van der Waals surface area contributed by atoms with Crippen molar-refractivity contribution in [2.24, 2.45) is 0 Å². The monoisotopic (exact) mass is 440 g/mol. The third-order valence-electron chi connectivity index (χ3n) is 5.61. The summed E-state index contributed by atoms with van der Waals surface area (Å²) in [5, 5.41) is 2.27. The molecule has 33 heavy (non-hydrogen) atoms. The zero-order valence-corrected chi connectivity index (χ0v) is 18.7. The maximum atomic E-state index is 13.2. The molecule has 4 rings (SSSR count). The molecule has 0 atom stereocenters. The number of barbiturate groups is 1. The van der Waals surface area contributed by atoms with Gasteiger partial charge in [-0.05, 0) is 67.3 Å². The summed E-state index contributed by atoms with van der Waals surface area (Å²) in [6.45, 7) is 6.16. The lowest BCUT2D eigenvalue weighted by Crippen LogP contribution is -2.54. The molecule has 6 heteroatoms. The standard InChI is InChI=1S/C27H24N2O4/c1-17-10-12-20(13-11-17)16-33-22-8-5-7-21(14-22)15-23-25(30)28-27(32)29(26(23)31)24-9-4-6-18(2)19(24)3/h4-15H,16H2,1-3H3,(H,28,30,32)/b23-15-. The summed E-state index contributed by atoms with van der Waals surface area (Å²) in [5.74, 6) is -0.781. The lowest BCUT2D eigenvalue weighted by molar-refractivity contribution is -0.122. The highest BCUT2D eigenvalue weighted by Crippen LogP contribution is 2.27. The van der Waals surface area contributed by atoms with Gasteiger partial charge in [-0.3, -0.25) is 14.9 Å². The van der Waals surface area contributed by atoms with Crippen molar-refractivity contribution >= 4 is 29.6 Å². The molecule has 6 nitrogen and oxygen atoms in total. The van der Waals surface area contributed by atoms with Crippen LogP contribution in [0.1, 0.15) is 27.8 Å². The number of nitrogens with zero attached hydrogens (tertiary/aromatic N) is 1. The molecule has 1 saturated heterocycles. The molecule has 1 heterocycles. The van der Waals surface area contributed by atoms with Gasteiger partial charge < -0.3 is 4.74 Å². The number of amides is 4. The number of ether oxygens (including phenoxy) is 1. The van der Waals surface area contributed by atoms with Crippen LogP contribution in [0.4, 0.5) is 10.5 Å². The van der Waals surface area contributed by atoms with Crippen LogP contribution < -0.4 is 15.0 Å². The molecule has 1 fully saturated rings. The first-order chi connectivity index (χ1) is 15.8. The topological polar surface area (TPSA) is 75.7 Å². The molecule has 1 aliphatic rings. The van der Waals surface area contributed by atoms with Crippen molar-refractivity contribution in [3.05, 3.63) is 100 Å². The van der Waals surface area contributed by atoms with Gasteiger partial charge in [-0.25, -0.2) is 9.69 Å². The van der Waals surface area contributed by atoms with Gasteiger partial charge in [0, 0.05) is 0 Å². The van der Waals surface area contributed by atoms with E-state index in [-0.39, 0.29) is 5.57 Å². The molecule has 0 bridgehead atoms. The number of hydrogen-bond donors (Lipinski definition) is 1. The molecule has 3 aromatic rings. The van der Waals surface area contributed by atoms with E-state index in [4.69, 9.17) is 4.74 Å². The molecule has 0 aromatic heterocycles. The van der Waals surface area contributed by atoms with Gasteiger partial charge in [0.2, 0.25) is 0 Å². The summed E-state index contributed by atoms with van der Waals surface area (Å²) in [7, 11) is 0. The predicted molar refractivity (Wildman–Crippen MR) is 127 cm³/mol. The van der Waals surface area contributed by atoms with E-state index < -0.39 is 17.8 Å². The summed E-state index contributed by atoms with van der Waals surface area (Å²) in [4.78, 5) is 39.2. The number of carbonyl (C=O) groups is 3. The minimum Gasteiger partial charge on any atom is -0.489 e. The van der Waals surface area contributed by atoms with E-state index in [1.165, 1.54) is 11.6 Å². The number of urea groups is 1. The molecule has 0 saturated carbocycles. The van der Waals surface area contributed by atoms with E-state index in [1.54, 1.807) is 30.3 Å². The van der Waals surface area contributed by atoms with E-state index in [2.05, 4.69) is 5.32 Å². The van der Waals surface area contributed by atoms with Crippen LogP contribution in [0.15, 0.2) is 72.3 Å². The number of carbonyl (C=O) groups excluding carboxylic acids is 3. The summed E-state index contributed by atoms with van der Waals surface area (Å²) >= 11 is 0. The van der Waals surface area contributed by atoms with Gasteiger partial charge >= 0.3 is 6.03 Å². The van der Waals surface area contributed by atoms with Crippen molar-refractivity contribution in [1.82, 2.24) is 5.32 Å². The number of aryl methyl sites for hydroxylation is 2. The molecule has 4 amide bonds. The van der Waals surface area contributed by atoms with E-state index in [0.29, 0.717) is 23.6 Å². The maximum Gasteiger partial charge on any atom is 0.335 e. The minimum atomic E-state index is -0.758. The molecule has 1 aliphatic heterocycles.